The van der Waals surface area contributed by atoms with Crippen LogP contribution in [0, 0.1) is 12.6 Å². The van der Waals surface area contributed by atoms with E-state index in [0.29, 0.717) is 0 Å². The smallest absolute Gasteiger partial charge is 0.559 e. The molecule has 3 heteroatoms. The first-order valence-corrected chi connectivity index (χ1v) is 14.7. The van der Waals surface area contributed by atoms with Crippen LogP contribution in [0.5, 0.6) is 0 Å². The second-order valence-corrected chi connectivity index (χ2v) is 17.0. The maximum atomic E-state index is 4.04. The predicted molar refractivity (Wildman–Crippen MR) is 106 cm³/mol. The molecular formula is C20H30Si2Zr. The van der Waals surface area contributed by atoms with Gasteiger partial charge in [-0.25, -0.2) is 24.3 Å². The molecule has 0 fully saturated rings. The van der Waals surface area contributed by atoms with E-state index in [1.165, 1.54) is 5.20 Å². The van der Waals surface area contributed by atoms with Gasteiger partial charge in [0.15, 0.2) is 0 Å². The van der Waals surface area contributed by atoms with Crippen molar-refractivity contribution < 1.29 is 26.2 Å². The summed E-state index contributed by atoms with van der Waals surface area (Å²) in [5.41, 5.74) is 6.59. The Kier molecular flexibility index (Phi) is 13.7. The Morgan fingerprint density at radius 2 is 1.17 bits per heavy atom. The number of hydrogen-bond acceptors (Lipinski definition) is 0. The van der Waals surface area contributed by atoms with Gasteiger partial charge in [-0.05, 0) is 16.1 Å². The van der Waals surface area contributed by atoms with Crippen molar-refractivity contribution in [1.82, 2.24) is 0 Å². The Hall–Kier alpha value is -0.593. The Bertz CT molecular complexity index is 457. The van der Waals surface area contributed by atoms with Crippen LogP contribution in [0.25, 0.3) is 0 Å². The summed E-state index contributed by atoms with van der Waals surface area (Å²) in [5, 5.41) is 1.19. The summed E-state index contributed by atoms with van der Waals surface area (Å²) in [6.45, 7) is 17.7. The molecular weight excluding hydrogens is 388 g/mol. The molecule has 0 bridgehead atoms. The fourth-order valence-electron chi connectivity index (χ4n) is 1.09. The molecule has 23 heavy (non-hydrogen) atoms. The van der Waals surface area contributed by atoms with Crippen molar-refractivity contribution in [3.8, 4) is 0 Å². The monoisotopic (exact) mass is 416 g/mol. The molecule has 0 aliphatic rings. The van der Waals surface area contributed by atoms with Crippen LogP contribution in [0.4, 0.5) is 0 Å². The molecule has 0 N–H and O–H groups in total. The van der Waals surface area contributed by atoms with E-state index >= 15 is 0 Å². The molecule has 2 aromatic carbocycles. The van der Waals surface area contributed by atoms with Crippen molar-refractivity contribution in [3.63, 3.8) is 0 Å². The van der Waals surface area contributed by atoms with Gasteiger partial charge in [-0.3, -0.25) is 0 Å². The summed E-state index contributed by atoms with van der Waals surface area (Å²) in [6, 6.07) is 20.0. The Labute approximate surface area is 165 Å². The van der Waals surface area contributed by atoms with Gasteiger partial charge in [-0.2, -0.15) is 36.4 Å². The fourth-order valence-corrected chi connectivity index (χ4v) is 2.18. The third-order valence-corrected chi connectivity index (χ3v) is 5.42. The van der Waals surface area contributed by atoms with Crippen LogP contribution in [0.15, 0.2) is 71.6 Å². The van der Waals surface area contributed by atoms with Crippen LogP contribution in [-0.2, 0) is 26.2 Å². The van der Waals surface area contributed by atoms with Crippen LogP contribution in [0.1, 0.15) is 0 Å². The molecule has 2 aromatic rings. The minimum absolute atomic E-state index is 0. The molecule has 0 aliphatic heterocycles. The van der Waals surface area contributed by atoms with Gasteiger partial charge in [0.25, 0.3) is 0 Å². The molecule has 0 nitrogen and oxygen atoms in total. The molecule has 0 saturated carbocycles. The van der Waals surface area contributed by atoms with E-state index in [-0.39, 0.29) is 26.2 Å². The fraction of sp³-hybridized carbons (Fsp3) is 0.300. The second-order valence-electron chi connectivity index (χ2n) is 7.15. The van der Waals surface area contributed by atoms with E-state index in [2.05, 4.69) is 57.6 Å². The predicted octanol–water partition coefficient (Wildman–Crippen LogP) is 6.27. The van der Waals surface area contributed by atoms with Crippen molar-refractivity contribution >= 4 is 16.1 Å². The van der Waals surface area contributed by atoms with E-state index in [0.717, 1.165) is 0 Å². The van der Waals surface area contributed by atoms with Crippen LogP contribution in [-0.4, -0.2) is 16.1 Å². The van der Waals surface area contributed by atoms with E-state index in [9.17, 15) is 0 Å². The van der Waals surface area contributed by atoms with Gasteiger partial charge < -0.3 is 23.6 Å². The van der Waals surface area contributed by atoms with E-state index in [4.69, 9.17) is 0 Å². The molecule has 122 valence electrons. The van der Waals surface area contributed by atoms with E-state index in [1.807, 2.05) is 60.7 Å². The third kappa shape index (κ3) is 17.6. The number of hydrogen-bond donors (Lipinski definition) is 0. The normalized spacial score (nSPS) is 9.83. The zero-order valence-corrected chi connectivity index (χ0v) is 19.9. The quantitative estimate of drug-likeness (QED) is 0.307. The average Bonchev–Trinajstić information content (AvgIpc) is 3.10. The van der Waals surface area contributed by atoms with Crippen LogP contribution in [0.3, 0.4) is 0 Å². The Balaban J connectivity index is 0. The summed E-state index contributed by atoms with van der Waals surface area (Å²) < 4.78 is 0. The summed E-state index contributed by atoms with van der Waals surface area (Å²) >= 11 is 0. The van der Waals surface area contributed by atoms with Crippen molar-refractivity contribution in [2.75, 3.05) is 0 Å². The van der Waals surface area contributed by atoms with E-state index < -0.39 is 16.1 Å². The maximum Gasteiger partial charge on any atom is 4.00 e. The number of allylic oxidation sites excluding steroid dienone is 1. The van der Waals surface area contributed by atoms with Crippen molar-refractivity contribution in [2.45, 2.75) is 39.3 Å². The molecule has 0 unspecified atom stereocenters. The van der Waals surface area contributed by atoms with Gasteiger partial charge >= 0.3 is 26.2 Å². The zero-order valence-electron chi connectivity index (χ0n) is 15.5. The first-order valence-electron chi connectivity index (χ1n) is 7.69. The van der Waals surface area contributed by atoms with Gasteiger partial charge in [0.05, 0.1) is 0 Å². The molecule has 0 spiro atoms. The van der Waals surface area contributed by atoms with E-state index in [1.54, 1.807) is 0 Å². The SMILES string of the molecule is [CH2-]C(=C=[C-][Si](C)(C)C)[Si](C)(C)C.[Zr+4].c1cc[cH-]c1.c1cc[cH-]c1. The maximum absolute atomic E-state index is 4.04. The third-order valence-electron chi connectivity index (χ3n) is 2.60. The average molecular weight is 418 g/mol. The van der Waals surface area contributed by atoms with Crippen LogP contribution < -0.4 is 0 Å². The van der Waals surface area contributed by atoms with Crippen LogP contribution in [0.2, 0.25) is 39.3 Å². The molecule has 0 heterocycles. The molecule has 0 saturated heterocycles. The first-order chi connectivity index (χ1) is 10.1. The number of rotatable bonds is 2. The Morgan fingerprint density at radius 1 is 0.826 bits per heavy atom. The van der Waals surface area contributed by atoms with Gasteiger partial charge in [0.2, 0.25) is 0 Å². The summed E-state index contributed by atoms with van der Waals surface area (Å²) in [5.74, 6) is 0. The van der Waals surface area contributed by atoms with Gasteiger partial charge in [0.1, 0.15) is 0 Å². The molecule has 2 rings (SSSR count). The van der Waals surface area contributed by atoms with Gasteiger partial charge in [0, 0.05) is 0 Å². The zero-order chi connectivity index (χ0) is 17.1. The minimum atomic E-state index is -1.21. The first kappa shape index (κ1) is 24.7. The minimum Gasteiger partial charge on any atom is -0.559 e. The van der Waals surface area contributed by atoms with Gasteiger partial charge in [-0.1, -0.05) is 39.3 Å². The standard InChI is InChI=1S/C10H20Si2.2C5H5.Zr/c1-10(12(5,6)7)8-9-11(2,3)4;2*1-2-4-5-3-1;/h1H2,2-7H3;2*1-5H;/q-2;2*-1;+4. The summed E-state index contributed by atoms with van der Waals surface area (Å²) in [6.07, 6.45) is 0. The van der Waals surface area contributed by atoms with Crippen molar-refractivity contribution in [2.24, 2.45) is 0 Å². The molecule has 0 aromatic heterocycles. The summed E-state index contributed by atoms with van der Waals surface area (Å²) in [4.78, 5) is 0. The van der Waals surface area contributed by atoms with Crippen LogP contribution >= 0.6 is 0 Å². The topological polar surface area (TPSA) is 0 Å². The molecule has 0 amide bonds. The summed E-state index contributed by atoms with van der Waals surface area (Å²) in [7, 11) is -2.40. The molecule has 0 atom stereocenters. The van der Waals surface area contributed by atoms with Crippen molar-refractivity contribution in [3.05, 3.63) is 84.2 Å². The molecule has 0 radical (unpaired) electrons. The van der Waals surface area contributed by atoms with Crippen molar-refractivity contribution in [1.29, 1.82) is 0 Å². The van der Waals surface area contributed by atoms with Gasteiger partial charge in [-0.15, -0.1) is 0 Å². The Morgan fingerprint density at radius 3 is 1.35 bits per heavy atom. The second kappa shape index (κ2) is 12.8. The largest absolute Gasteiger partial charge is 4.00 e. The molecule has 0 aliphatic carbocycles.